The third-order valence-electron chi connectivity index (χ3n) is 5.55. The molecule has 0 radical (unpaired) electrons. The van der Waals surface area contributed by atoms with Gasteiger partial charge in [-0.15, -0.1) is 0 Å². The smallest absolute Gasteiger partial charge is 0.310 e. The number of nitrogens with zero attached hydrogens (tertiary/aromatic N) is 1. The summed E-state index contributed by atoms with van der Waals surface area (Å²) >= 11 is 0. The zero-order valence-electron chi connectivity index (χ0n) is 17.6. The molecule has 1 rings (SSSR count). The first kappa shape index (κ1) is 23.4. The zero-order chi connectivity index (χ0) is 20.2. The van der Waals surface area contributed by atoms with E-state index in [-0.39, 0.29) is 29.6 Å². The SMILES string of the molecule is CCCCC1CCC(C(=O)N(CCCNC(C)=O)CC(C)C(=O)OC)CC1. The average molecular weight is 383 g/mol. The van der Waals surface area contributed by atoms with Gasteiger partial charge in [0, 0.05) is 32.5 Å². The number of hydrogen-bond acceptors (Lipinski definition) is 4. The van der Waals surface area contributed by atoms with Crippen molar-refractivity contribution in [3.05, 3.63) is 0 Å². The predicted molar refractivity (Wildman–Crippen MR) is 106 cm³/mol. The molecule has 0 aromatic carbocycles. The molecule has 2 amide bonds. The highest BCUT2D eigenvalue weighted by atomic mass is 16.5. The minimum absolute atomic E-state index is 0.0634. The Balaban J connectivity index is 2.60. The third-order valence-corrected chi connectivity index (χ3v) is 5.55. The van der Waals surface area contributed by atoms with Gasteiger partial charge < -0.3 is 15.0 Å². The van der Waals surface area contributed by atoms with E-state index in [1.807, 2.05) is 0 Å². The summed E-state index contributed by atoms with van der Waals surface area (Å²) in [5, 5.41) is 2.76. The molecule has 27 heavy (non-hydrogen) atoms. The molecule has 1 fully saturated rings. The van der Waals surface area contributed by atoms with Crippen LogP contribution < -0.4 is 5.32 Å². The summed E-state index contributed by atoms with van der Waals surface area (Å²) in [6.07, 6.45) is 8.61. The van der Waals surface area contributed by atoms with Crippen LogP contribution in [0.15, 0.2) is 0 Å². The number of carbonyl (C=O) groups is 3. The standard InChI is InChI=1S/C21H38N2O4/c1-5-6-8-18-9-11-19(12-10-18)20(25)23(14-7-13-22-17(3)24)15-16(2)21(26)27-4/h16,18-19H,5-15H2,1-4H3,(H,22,24). The van der Waals surface area contributed by atoms with Crippen LogP contribution in [0.1, 0.15) is 72.1 Å². The molecule has 156 valence electrons. The molecule has 0 spiro atoms. The van der Waals surface area contributed by atoms with Gasteiger partial charge in [0.15, 0.2) is 0 Å². The van der Waals surface area contributed by atoms with Crippen LogP contribution in [-0.2, 0) is 19.1 Å². The highest BCUT2D eigenvalue weighted by molar-refractivity contribution is 5.80. The number of unbranched alkanes of at least 4 members (excludes halogenated alkanes) is 1. The second-order valence-electron chi connectivity index (χ2n) is 7.90. The Bertz CT molecular complexity index is 473. The number of ether oxygens (including phenoxy) is 1. The van der Waals surface area contributed by atoms with Crippen molar-refractivity contribution >= 4 is 17.8 Å². The molecule has 1 saturated carbocycles. The number of methoxy groups -OCH3 is 1. The van der Waals surface area contributed by atoms with E-state index >= 15 is 0 Å². The van der Waals surface area contributed by atoms with Crippen molar-refractivity contribution in [2.75, 3.05) is 26.7 Å². The lowest BCUT2D eigenvalue weighted by Crippen LogP contribution is -2.43. The first-order valence-corrected chi connectivity index (χ1v) is 10.5. The predicted octanol–water partition coefficient (Wildman–Crippen LogP) is 3.15. The van der Waals surface area contributed by atoms with E-state index in [0.29, 0.717) is 26.1 Å². The lowest BCUT2D eigenvalue weighted by atomic mass is 9.79. The van der Waals surface area contributed by atoms with Gasteiger partial charge in [0.25, 0.3) is 0 Å². The van der Waals surface area contributed by atoms with Gasteiger partial charge >= 0.3 is 5.97 Å². The van der Waals surface area contributed by atoms with Gasteiger partial charge in [0.05, 0.1) is 13.0 Å². The summed E-state index contributed by atoms with van der Waals surface area (Å²) < 4.78 is 4.81. The lowest BCUT2D eigenvalue weighted by molar-refractivity contribution is -0.147. The molecule has 1 N–H and O–H groups in total. The van der Waals surface area contributed by atoms with Crippen LogP contribution in [0.4, 0.5) is 0 Å². The van der Waals surface area contributed by atoms with Crippen molar-refractivity contribution in [3.63, 3.8) is 0 Å². The number of esters is 1. The largest absolute Gasteiger partial charge is 0.469 e. The summed E-state index contributed by atoms with van der Waals surface area (Å²) in [5.74, 6) is 0.270. The van der Waals surface area contributed by atoms with E-state index in [9.17, 15) is 14.4 Å². The highest BCUT2D eigenvalue weighted by Crippen LogP contribution is 2.33. The van der Waals surface area contributed by atoms with Gasteiger partial charge in [-0.1, -0.05) is 33.1 Å². The summed E-state index contributed by atoms with van der Waals surface area (Å²) in [7, 11) is 1.37. The summed E-state index contributed by atoms with van der Waals surface area (Å²) in [4.78, 5) is 37.7. The monoisotopic (exact) mass is 382 g/mol. The molecule has 0 aromatic heterocycles. The van der Waals surface area contributed by atoms with E-state index in [4.69, 9.17) is 4.74 Å². The van der Waals surface area contributed by atoms with Gasteiger partial charge in [-0.25, -0.2) is 0 Å². The molecule has 1 aliphatic rings. The van der Waals surface area contributed by atoms with E-state index in [2.05, 4.69) is 12.2 Å². The van der Waals surface area contributed by atoms with Crippen LogP contribution >= 0.6 is 0 Å². The van der Waals surface area contributed by atoms with Crippen molar-refractivity contribution in [2.45, 2.75) is 72.1 Å². The normalized spacial score (nSPS) is 20.6. The highest BCUT2D eigenvalue weighted by Gasteiger charge is 2.30. The summed E-state index contributed by atoms with van der Waals surface area (Å²) in [6, 6.07) is 0. The molecule has 1 atom stereocenters. The summed E-state index contributed by atoms with van der Waals surface area (Å²) in [6.45, 7) is 6.96. The number of amides is 2. The maximum absolute atomic E-state index is 13.1. The van der Waals surface area contributed by atoms with E-state index in [0.717, 1.165) is 31.6 Å². The fraction of sp³-hybridized carbons (Fsp3) is 0.857. The van der Waals surface area contributed by atoms with E-state index in [1.54, 1.807) is 11.8 Å². The van der Waals surface area contributed by atoms with Crippen LogP contribution in [0.5, 0.6) is 0 Å². The van der Waals surface area contributed by atoms with Gasteiger partial charge in [-0.2, -0.15) is 0 Å². The first-order valence-electron chi connectivity index (χ1n) is 10.5. The quantitative estimate of drug-likeness (QED) is 0.440. The molecule has 0 aromatic rings. The van der Waals surface area contributed by atoms with Gasteiger partial charge in [0.2, 0.25) is 11.8 Å². The van der Waals surface area contributed by atoms with Gasteiger partial charge in [0.1, 0.15) is 0 Å². The van der Waals surface area contributed by atoms with Crippen molar-refractivity contribution in [1.29, 1.82) is 0 Å². The van der Waals surface area contributed by atoms with Crippen LogP contribution in [-0.4, -0.2) is 49.4 Å². The Morgan fingerprint density at radius 2 is 1.81 bits per heavy atom. The average Bonchev–Trinajstić information content (AvgIpc) is 2.67. The molecular weight excluding hydrogens is 344 g/mol. The Labute approximate surface area is 164 Å². The van der Waals surface area contributed by atoms with E-state index in [1.165, 1.54) is 33.3 Å². The molecule has 0 saturated heterocycles. The van der Waals surface area contributed by atoms with Crippen LogP contribution in [0.3, 0.4) is 0 Å². The number of carbonyl (C=O) groups excluding carboxylic acids is 3. The fourth-order valence-electron chi connectivity index (χ4n) is 3.88. The third kappa shape index (κ3) is 8.76. The number of hydrogen-bond donors (Lipinski definition) is 1. The zero-order valence-corrected chi connectivity index (χ0v) is 17.6. The van der Waals surface area contributed by atoms with Crippen LogP contribution in [0, 0.1) is 17.8 Å². The maximum Gasteiger partial charge on any atom is 0.310 e. The Kier molecular flexibility index (Phi) is 11.1. The second kappa shape index (κ2) is 12.7. The van der Waals surface area contributed by atoms with Crippen molar-refractivity contribution in [3.8, 4) is 0 Å². The Morgan fingerprint density at radius 1 is 1.15 bits per heavy atom. The van der Waals surface area contributed by atoms with Crippen LogP contribution in [0.2, 0.25) is 0 Å². The topological polar surface area (TPSA) is 75.7 Å². The van der Waals surface area contributed by atoms with Crippen molar-refractivity contribution in [1.82, 2.24) is 10.2 Å². The summed E-state index contributed by atoms with van der Waals surface area (Å²) in [5.41, 5.74) is 0. The number of rotatable bonds is 11. The first-order chi connectivity index (χ1) is 12.9. The minimum atomic E-state index is -0.347. The van der Waals surface area contributed by atoms with Gasteiger partial charge in [-0.3, -0.25) is 14.4 Å². The molecule has 0 aliphatic heterocycles. The van der Waals surface area contributed by atoms with Crippen molar-refractivity contribution in [2.24, 2.45) is 17.8 Å². The molecule has 0 heterocycles. The fourth-order valence-corrected chi connectivity index (χ4v) is 3.88. The molecule has 6 heteroatoms. The van der Waals surface area contributed by atoms with E-state index < -0.39 is 0 Å². The van der Waals surface area contributed by atoms with Crippen molar-refractivity contribution < 1.29 is 19.1 Å². The minimum Gasteiger partial charge on any atom is -0.469 e. The van der Waals surface area contributed by atoms with Gasteiger partial charge in [-0.05, 0) is 38.0 Å². The molecular formula is C21H38N2O4. The molecule has 1 aliphatic carbocycles. The molecule has 0 bridgehead atoms. The Morgan fingerprint density at radius 3 is 2.37 bits per heavy atom. The lowest BCUT2D eigenvalue weighted by Gasteiger charge is -2.33. The maximum atomic E-state index is 13.1. The number of nitrogens with one attached hydrogen (secondary N) is 1. The molecule has 1 unspecified atom stereocenters. The van der Waals surface area contributed by atoms with Crippen LogP contribution in [0.25, 0.3) is 0 Å². The Hall–Kier alpha value is -1.59. The second-order valence-corrected chi connectivity index (χ2v) is 7.90. The molecule has 6 nitrogen and oxygen atoms in total.